The predicted octanol–water partition coefficient (Wildman–Crippen LogP) is 3.86. The van der Waals surface area contributed by atoms with E-state index in [9.17, 15) is 4.79 Å². The zero-order chi connectivity index (χ0) is 12.3. The number of carbonyl (C=O) groups excluding carboxylic acids is 1. The lowest BCUT2D eigenvalue weighted by Gasteiger charge is -2.06. The molecule has 2 rings (SSSR count). The summed E-state index contributed by atoms with van der Waals surface area (Å²) in [7, 11) is 0. The highest BCUT2D eigenvalue weighted by Crippen LogP contribution is 2.19. The van der Waals surface area contributed by atoms with Crippen molar-refractivity contribution >= 4 is 43.6 Å². The summed E-state index contributed by atoms with van der Waals surface area (Å²) in [5, 5.41) is 2.74. The van der Waals surface area contributed by atoms with Gasteiger partial charge in [-0.15, -0.1) is 0 Å². The Bertz CT molecular complexity index is 558. The minimum atomic E-state index is -0.189. The number of pyridine rings is 1. The van der Waals surface area contributed by atoms with Crippen molar-refractivity contribution in [3.05, 3.63) is 57.1 Å². The normalized spacial score (nSPS) is 10.0. The molecule has 1 heterocycles. The van der Waals surface area contributed by atoms with E-state index >= 15 is 0 Å². The van der Waals surface area contributed by atoms with Gasteiger partial charge < -0.3 is 5.32 Å². The lowest BCUT2D eigenvalue weighted by molar-refractivity contribution is 0.102. The second kappa shape index (κ2) is 5.42. The quantitative estimate of drug-likeness (QED) is 0.888. The highest BCUT2D eigenvalue weighted by molar-refractivity contribution is 9.10. The number of aromatic nitrogens is 1. The number of carbonyl (C=O) groups is 1. The number of anilines is 1. The lowest BCUT2D eigenvalue weighted by atomic mass is 10.2. The van der Waals surface area contributed by atoms with Crippen LogP contribution in [0.1, 0.15) is 10.4 Å². The summed E-state index contributed by atoms with van der Waals surface area (Å²) >= 11 is 6.65. The first kappa shape index (κ1) is 12.3. The summed E-state index contributed by atoms with van der Waals surface area (Å²) in [6.45, 7) is 0. The van der Waals surface area contributed by atoms with Gasteiger partial charge in [0.05, 0.1) is 4.47 Å². The molecule has 0 aliphatic carbocycles. The largest absolute Gasteiger partial charge is 0.306 e. The van der Waals surface area contributed by atoms with Crippen LogP contribution in [0.5, 0.6) is 0 Å². The van der Waals surface area contributed by atoms with Crippen molar-refractivity contribution in [2.24, 2.45) is 0 Å². The molecule has 0 unspecified atom stereocenters. The van der Waals surface area contributed by atoms with Crippen LogP contribution in [-0.4, -0.2) is 10.9 Å². The van der Waals surface area contributed by atoms with Crippen LogP contribution in [0.3, 0.4) is 0 Å². The molecule has 0 aliphatic heterocycles. The highest BCUT2D eigenvalue weighted by atomic mass is 79.9. The predicted molar refractivity (Wildman–Crippen MR) is 74.0 cm³/mol. The molecule has 0 aliphatic rings. The molecule has 0 saturated heterocycles. The number of nitrogens with one attached hydrogen (secondary N) is 1. The average molecular weight is 356 g/mol. The first-order valence-corrected chi connectivity index (χ1v) is 6.43. The van der Waals surface area contributed by atoms with Crippen molar-refractivity contribution in [1.82, 2.24) is 4.98 Å². The van der Waals surface area contributed by atoms with Crippen molar-refractivity contribution in [2.75, 3.05) is 5.32 Å². The molecule has 17 heavy (non-hydrogen) atoms. The van der Waals surface area contributed by atoms with Crippen LogP contribution < -0.4 is 5.32 Å². The number of halogens is 2. The molecular weight excluding hydrogens is 348 g/mol. The Labute approximate surface area is 116 Å². The van der Waals surface area contributed by atoms with E-state index in [0.717, 1.165) is 8.95 Å². The summed E-state index contributed by atoms with van der Waals surface area (Å²) in [6.07, 6.45) is 1.63. The Kier molecular flexibility index (Phi) is 3.91. The third kappa shape index (κ3) is 3.14. The molecule has 0 spiro atoms. The Balaban J connectivity index is 2.20. The molecule has 86 valence electrons. The van der Waals surface area contributed by atoms with Gasteiger partial charge in [-0.05, 0) is 46.3 Å². The van der Waals surface area contributed by atoms with E-state index < -0.39 is 0 Å². The smallest absolute Gasteiger partial charge is 0.256 e. The van der Waals surface area contributed by atoms with Gasteiger partial charge in [0.15, 0.2) is 0 Å². The van der Waals surface area contributed by atoms with Crippen LogP contribution in [0.25, 0.3) is 0 Å². The number of benzene rings is 1. The Hall–Kier alpha value is -1.20. The van der Waals surface area contributed by atoms with Crippen molar-refractivity contribution in [1.29, 1.82) is 0 Å². The molecule has 0 saturated carbocycles. The minimum Gasteiger partial charge on any atom is -0.306 e. The van der Waals surface area contributed by atoms with Gasteiger partial charge in [0.25, 0.3) is 5.91 Å². The molecule has 3 nitrogen and oxygen atoms in total. The summed E-state index contributed by atoms with van der Waals surface area (Å²) in [5.74, 6) is 0.322. The third-order valence-corrected chi connectivity index (χ3v) is 3.21. The van der Waals surface area contributed by atoms with Gasteiger partial charge in [-0.25, -0.2) is 4.98 Å². The standard InChI is InChI=1S/C12H8Br2N2O/c13-9-4-1-3-8(7-9)12(17)16-11-10(14)5-2-6-15-11/h1-7H,(H,15,16,17). The van der Waals surface area contributed by atoms with Gasteiger partial charge >= 0.3 is 0 Å². The van der Waals surface area contributed by atoms with E-state index in [1.54, 1.807) is 24.4 Å². The molecule has 2 aromatic rings. The molecule has 5 heteroatoms. The fourth-order valence-corrected chi connectivity index (χ4v) is 2.04. The fraction of sp³-hybridized carbons (Fsp3) is 0. The minimum absolute atomic E-state index is 0.189. The molecule has 0 atom stereocenters. The third-order valence-electron chi connectivity index (χ3n) is 2.08. The number of hydrogen-bond acceptors (Lipinski definition) is 2. The molecule has 0 bridgehead atoms. The topological polar surface area (TPSA) is 42.0 Å². The van der Waals surface area contributed by atoms with E-state index in [1.807, 2.05) is 18.2 Å². The maximum absolute atomic E-state index is 11.9. The zero-order valence-electron chi connectivity index (χ0n) is 8.65. The second-order valence-corrected chi connectivity index (χ2v) is 5.07. The van der Waals surface area contributed by atoms with Crippen LogP contribution in [0.15, 0.2) is 51.5 Å². The van der Waals surface area contributed by atoms with Gasteiger partial charge in [-0.2, -0.15) is 0 Å². The van der Waals surface area contributed by atoms with Crippen LogP contribution >= 0.6 is 31.9 Å². The highest BCUT2D eigenvalue weighted by Gasteiger charge is 2.08. The first-order valence-electron chi connectivity index (χ1n) is 4.84. The Morgan fingerprint density at radius 1 is 1.18 bits per heavy atom. The number of nitrogens with zero attached hydrogens (tertiary/aromatic N) is 1. The van der Waals surface area contributed by atoms with Crippen LogP contribution in [0.4, 0.5) is 5.82 Å². The van der Waals surface area contributed by atoms with Gasteiger partial charge in [-0.3, -0.25) is 4.79 Å². The van der Waals surface area contributed by atoms with E-state index in [0.29, 0.717) is 11.4 Å². The maximum Gasteiger partial charge on any atom is 0.256 e. The second-order valence-electron chi connectivity index (χ2n) is 3.30. The van der Waals surface area contributed by atoms with Crippen molar-refractivity contribution in [2.45, 2.75) is 0 Å². The van der Waals surface area contributed by atoms with Crippen LogP contribution in [0, 0.1) is 0 Å². The van der Waals surface area contributed by atoms with E-state index in [1.165, 1.54) is 0 Å². The first-order chi connectivity index (χ1) is 8.16. The van der Waals surface area contributed by atoms with Gasteiger partial charge in [0.1, 0.15) is 5.82 Å². The van der Waals surface area contributed by atoms with Crippen LogP contribution in [0.2, 0.25) is 0 Å². The Morgan fingerprint density at radius 3 is 2.71 bits per heavy atom. The number of rotatable bonds is 2. The number of amides is 1. The zero-order valence-corrected chi connectivity index (χ0v) is 11.8. The van der Waals surface area contributed by atoms with Crippen molar-refractivity contribution in [3.63, 3.8) is 0 Å². The molecule has 0 fully saturated rings. The summed E-state index contributed by atoms with van der Waals surface area (Å²) < 4.78 is 1.62. The van der Waals surface area contributed by atoms with Gasteiger partial charge in [-0.1, -0.05) is 22.0 Å². The summed E-state index contributed by atoms with van der Waals surface area (Å²) in [5.41, 5.74) is 0.580. The Morgan fingerprint density at radius 2 is 2.00 bits per heavy atom. The van der Waals surface area contributed by atoms with E-state index in [4.69, 9.17) is 0 Å². The number of hydrogen-bond donors (Lipinski definition) is 1. The summed E-state index contributed by atoms with van der Waals surface area (Å²) in [6, 6.07) is 10.8. The van der Waals surface area contributed by atoms with Crippen molar-refractivity contribution < 1.29 is 4.79 Å². The fourth-order valence-electron chi connectivity index (χ4n) is 1.29. The molecule has 1 amide bonds. The van der Waals surface area contributed by atoms with Gasteiger partial charge in [0, 0.05) is 16.2 Å². The monoisotopic (exact) mass is 354 g/mol. The molecular formula is C12H8Br2N2O. The van der Waals surface area contributed by atoms with Gasteiger partial charge in [0.2, 0.25) is 0 Å². The van der Waals surface area contributed by atoms with E-state index in [2.05, 4.69) is 42.2 Å². The molecule has 1 aromatic carbocycles. The molecule has 1 N–H and O–H groups in total. The van der Waals surface area contributed by atoms with Crippen LogP contribution in [-0.2, 0) is 0 Å². The SMILES string of the molecule is O=C(Nc1ncccc1Br)c1cccc(Br)c1. The average Bonchev–Trinajstić information content (AvgIpc) is 2.32. The summed E-state index contributed by atoms with van der Waals surface area (Å²) in [4.78, 5) is 16.0. The lowest BCUT2D eigenvalue weighted by Crippen LogP contribution is -2.13. The van der Waals surface area contributed by atoms with Crippen molar-refractivity contribution in [3.8, 4) is 0 Å². The molecule has 0 radical (unpaired) electrons. The van der Waals surface area contributed by atoms with E-state index in [-0.39, 0.29) is 5.91 Å². The molecule has 1 aromatic heterocycles. The maximum atomic E-state index is 11.9.